The number of hydrogen-bond acceptors (Lipinski definition) is 3. The maximum Gasteiger partial charge on any atom is 0.319 e. The molecule has 2 aromatic rings. The number of methoxy groups -OCH3 is 1. The molecule has 2 atom stereocenters. The second-order valence-electron chi connectivity index (χ2n) is 5.67. The quantitative estimate of drug-likeness (QED) is 0.887. The van der Waals surface area contributed by atoms with Crippen molar-refractivity contribution in [2.24, 2.45) is 0 Å². The second-order valence-corrected chi connectivity index (χ2v) is 5.67. The van der Waals surface area contributed by atoms with Crippen LogP contribution in [0.5, 0.6) is 5.75 Å². The molecule has 0 radical (unpaired) electrons. The molecule has 3 rings (SSSR count). The first-order valence-electron chi connectivity index (χ1n) is 7.85. The smallest absolute Gasteiger partial charge is 0.319 e. The molecular formula is C18H18F2N2O3. The van der Waals surface area contributed by atoms with Crippen LogP contribution in [0.25, 0.3) is 0 Å². The minimum Gasteiger partial charge on any atom is -0.491 e. The molecule has 0 aromatic heterocycles. The van der Waals surface area contributed by atoms with E-state index in [2.05, 4.69) is 15.4 Å². The van der Waals surface area contributed by atoms with E-state index in [9.17, 15) is 13.6 Å². The third-order valence-electron chi connectivity index (χ3n) is 4.00. The van der Waals surface area contributed by atoms with Crippen molar-refractivity contribution in [3.05, 3.63) is 59.7 Å². The molecule has 1 fully saturated rings. The topological polar surface area (TPSA) is 59.6 Å². The van der Waals surface area contributed by atoms with Gasteiger partial charge in [-0.1, -0.05) is 30.3 Å². The van der Waals surface area contributed by atoms with Crippen molar-refractivity contribution in [3.63, 3.8) is 0 Å². The van der Waals surface area contributed by atoms with Gasteiger partial charge in [-0.3, -0.25) is 0 Å². The molecule has 25 heavy (non-hydrogen) atoms. The molecule has 0 bridgehead atoms. The summed E-state index contributed by atoms with van der Waals surface area (Å²) in [6.07, 6.45) is 0.398. The highest BCUT2D eigenvalue weighted by atomic mass is 19.1. The van der Waals surface area contributed by atoms with Gasteiger partial charge in [0, 0.05) is 24.4 Å². The number of halogens is 2. The predicted molar refractivity (Wildman–Crippen MR) is 88.6 cm³/mol. The zero-order valence-corrected chi connectivity index (χ0v) is 13.6. The van der Waals surface area contributed by atoms with Crippen LogP contribution in [0.1, 0.15) is 18.1 Å². The summed E-state index contributed by atoms with van der Waals surface area (Å²) in [5, 5.41) is 5.22. The third kappa shape index (κ3) is 3.88. The van der Waals surface area contributed by atoms with Crippen molar-refractivity contribution in [3.8, 4) is 5.75 Å². The van der Waals surface area contributed by atoms with E-state index in [0.717, 1.165) is 17.7 Å². The molecule has 0 spiro atoms. The third-order valence-corrected chi connectivity index (χ3v) is 4.00. The van der Waals surface area contributed by atoms with Gasteiger partial charge in [0.15, 0.2) is 17.4 Å². The van der Waals surface area contributed by atoms with Gasteiger partial charge >= 0.3 is 6.03 Å². The van der Waals surface area contributed by atoms with E-state index in [4.69, 9.17) is 4.74 Å². The number of amides is 2. The van der Waals surface area contributed by atoms with Gasteiger partial charge in [-0.15, -0.1) is 0 Å². The van der Waals surface area contributed by atoms with Gasteiger partial charge < -0.3 is 20.1 Å². The van der Waals surface area contributed by atoms with Gasteiger partial charge in [0.2, 0.25) is 0 Å². The number of anilines is 1. The lowest BCUT2D eigenvalue weighted by molar-refractivity contribution is 0.100. The van der Waals surface area contributed by atoms with E-state index in [1.807, 2.05) is 30.3 Å². The van der Waals surface area contributed by atoms with E-state index in [0.29, 0.717) is 13.0 Å². The summed E-state index contributed by atoms with van der Waals surface area (Å²) in [6.45, 7) is 0.524. The van der Waals surface area contributed by atoms with E-state index < -0.39 is 23.4 Å². The number of benzene rings is 2. The summed E-state index contributed by atoms with van der Waals surface area (Å²) in [4.78, 5) is 12.2. The Morgan fingerprint density at radius 1 is 1.20 bits per heavy atom. The number of nitrogens with one attached hydrogen (secondary N) is 2. The minimum absolute atomic E-state index is 0.00322. The summed E-state index contributed by atoms with van der Waals surface area (Å²) in [5.41, 5.74) is 0.968. The summed E-state index contributed by atoms with van der Waals surface area (Å²) >= 11 is 0. The number of carbonyl (C=O) groups is 1. The van der Waals surface area contributed by atoms with Crippen LogP contribution in [0.3, 0.4) is 0 Å². The Bertz CT molecular complexity index is 732. The first-order chi connectivity index (χ1) is 12.1. The standard InChI is InChI=1S/C18H18F2N2O3/c1-24-17-13(19)9-12(10-14(17)20)21-18(23)22-15-7-8-25-16(15)11-5-3-2-4-6-11/h2-6,9-10,15-16H,7-8H2,1H3,(H2,21,22,23)/t15-,16-/m0/s1. The molecular weight excluding hydrogens is 330 g/mol. The number of ether oxygens (including phenoxy) is 2. The predicted octanol–water partition coefficient (Wildman–Crippen LogP) is 3.63. The van der Waals surface area contributed by atoms with Gasteiger partial charge in [-0.2, -0.15) is 0 Å². The fourth-order valence-electron chi connectivity index (χ4n) is 2.87. The van der Waals surface area contributed by atoms with Crippen LogP contribution in [0, 0.1) is 11.6 Å². The van der Waals surface area contributed by atoms with Gasteiger partial charge in [-0.05, 0) is 12.0 Å². The molecule has 0 unspecified atom stereocenters. The van der Waals surface area contributed by atoms with E-state index in [1.165, 1.54) is 7.11 Å². The molecule has 2 aromatic carbocycles. The van der Waals surface area contributed by atoms with Crippen LogP contribution in [0.4, 0.5) is 19.3 Å². The summed E-state index contributed by atoms with van der Waals surface area (Å²) < 4.78 is 37.7. The number of urea groups is 1. The molecule has 2 amide bonds. The fraction of sp³-hybridized carbons (Fsp3) is 0.278. The van der Waals surface area contributed by atoms with Crippen LogP contribution in [-0.4, -0.2) is 25.8 Å². The maximum atomic E-state index is 13.7. The Balaban J connectivity index is 1.66. The van der Waals surface area contributed by atoms with Crippen LogP contribution in [0.2, 0.25) is 0 Å². The lowest BCUT2D eigenvalue weighted by atomic mass is 10.0. The van der Waals surface area contributed by atoms with Crippen LogP contribution in [-0.2, 0) is 4.74 Å². The first kappa shape index (κ1) is 17.2. The highest BCUT2D eigenvalue weighted by molar-refractivity contribution is 5.89. The zero-order chi connectivity index (χ0) is 17.8. The molecule has 1 aliphatic heterocycles. The lowest BCUT2D eigenvalue weighted by Gasteiger charge is -2.20. The van der Waals surface area contributed by atoms with Gasteiger partial charge in [-0.25, -0.2) is 13.6 Å². The normalized spacial score (nSPS) is 19.5. The molecule has 132 valence electrons. The second kappa shape index (κ2) is 7.48. The highest BCUT2D eigenvalue weighted by Gasteiger charge is 2.30. The summed E-state index contributed by atoms with van der Waals surface area (Å²) in [6, 6.07) is 10.8. The van der Waals surface area contributed by atoms with Crippen molar-refractivity contribution >= 4 is 11.7 Å². The largest absolute Gasteiger partial charge is 0.491 e. The van der Waals surface area contributed by atoms with Crippen LogP contribution in [0.15, 0.2) is 42.5 Å². The molecule has 1 aliphatic rings. The van der Waals surface area contributed by atoms with Crippen LogP contribution >= 0.6 is 0 Å². The maximum absolute atomic E-state index is 13.7. The minimum atomic E-state index is -0.885. The van der Waals surface area contributed by atoms with Crippen molar-refractivity contribution in [2.45, 2.75) is 18.6 Å². The Hall–Kier alpha value is -2.67. The van der Waals surface area contributed by atoms with Crippen molar-refractivity contribution in [2.75, 3.05) is 19.0 Å². The van der Waals surface area contributed by atoms with E-state index >= 15 is 0 Å². The average Bonchev–Trinajstić information content (AvgIpc) is 3.03. The Kier molecular flexibility index (Phi) is 5.14. The molecule has 1 saturated heterocycles. The summed E-state index contributed by atoms with van der Waals surface area (Å²) in [5.74, 6) is -2.26. The number of rotatable bonds is 4. The van der Waals surface area contributed by atoms with Gasteiger partial charge in [0.25, 0.3) is 0 Å². The lowest BCUT2D eigenvalue weighted by Crippen LogP contribution is -2.39. The number of carbonyl (C=O) groups excluding carboxylic acids is 1. The monoisotopic (exact) mass is 348 g/mol. The van der Waals surface area contributed by atoms with E-state index in [-0.39, 0.29) is 17.8 Å². The van der Waals surface area contributed by atoms with E-state index in [1.54, 1.807) is 0 Å². The van der Waals surface area contributed by atoms with Gasteiger partial charge in [0.1, 0.15) is 6.10 Å². The Morgan fingerprint density at radius 3 is 2.52 bits per heavy atom. The SMILES string of the molecule is COc1c(F)cc(NC(=O)N[C@H]2CCO[C@H]2c2ccccc2)cc1F. The average molecular weight is 348 g/mol. The molecule has 0 aliphatic carbocycles. The highest BCUT2D eigenvalue weighted by Crippen LogP contribution is 2.29. The molecule has 2 N–H and O–H groups in total. The molecule has 0 saturated carbocycles. The molecule has 1 heterocycles. The van der Waals surface area contributed by atoms with Crippen molar-refractivity contribution in [1.29, 1.82) is 0 Å². The van der Waals surface area contributed by atoms with Crippen molar-refractivity contribution < 1.29 is 23.0 Å². The molecule has 5 nitrogen and oxygen atoms in total. The van der Waals surface area contributed by atoms with Crippen LogP contribution < -0.4 is 15.4 Å². The number of hydrogen-bond donors (Lipinski definition) is 2. The van der Waals surface area contributed by atoms with Crippen molar-refractivity contribution in [1.82, 2.24) is 5.32 Å². The van der Waals surface area contributed by atoms with Gasteiger partial charge in [0.05, 0.1) is 13.2 Å². The Labute approximate surface area is 143 Å². The zero-order valence-electron chi connectivity index (χ0n) is 13.6. The molecule has 7 heteroatoms. The Morgan fingerprint density at radius 2 is 1.88 bits per heavy atom. The first-order valence-corrected chi connectivity index (χ1v) is 7.85. The fourth-order valence-corrected chi connectivity index (χ4v) is 2.87. The summed E-state index contributed by atoms with van der Waals surface area (Å²) in [7, 11) is 1.17.